The Morgan fingerprint density at radius 3 is 1.92 bits per heavy atom. The molecule has 0 aromatic carbocycles. The summed E-state index contributed by atoms with van der Waals surface area (Å²) in [4.78, 5) is 8.06. The molecule has 0 radical (unpaired) electrons. The molecule has 0 N–H and O–H groups in total. The molecule has 0 spiro atoms. The molecular weight excluding hydrogens is 152 g/mol. The highest BCUT2D eigenvalue weighted by Gasteiger charge is 2.20. The fraction of sp³-hybridized carbons (Fsp3) is 1.00. The maximum absolute atomic E-state index is 5.73. The van der Waals surface area contributed by atoms with Gasteiger partial charge in [0.25, 0.3) is 0 Å². The summed E-state index contributed by atoms with van der Waals surface area (Å²) >= 11 is 0. The molecule has 1 aliphatic rings. The molecule has 0 atom stereocenters. The first-order valence-corrected chi connectivity index (χ1v) is 4.60. The van der Waals surface area contributed by atoms with E-state index < -0.39 is 0 Å². The second-order valence-electron chi connectivity index (χ2n) is 4.44. The van der Waals surface area contributed by atoms with Crippen LogP contribution in [0.1, 0.15) is 20.8 Å². The SMILES string of the molecule is CN1CCN(OC(C)(C)C)CC1. The maximum atomic E-state index is 5.73. The van der Waals surface area contributed by atoms with Gasteiger partial charge in [-0.3, -0.25) is 4.84 Å². The van der Waals surface area contributed by atoms with Gasteiger partial charge in [0.1, 0.15) is 0 Å². The molecular formula is C9H20N2O. The van der Waals surface area contributed by atoms with Crippen LogP contribution in [-0.2, 0) is 4.84 Å². The Morgan fingerprint density at radius 2 is 1.50 bits per heavy atom. The molecule has 1 fully saturated rings. The minimum Gasteiger partial charge on any atom is -0.304 e. The first-order valence-electron chi connectivity index (χ1n) is 4.60. The van der Waals surface area contributed by atoms with E-state index in [-0.39, 0.29) is 5.60 Å². The Kier molecular flexibility index (Phi) is 3.09. The Morgan fingerprint density at radius 1 is 1.00 bits per heavy atom. The molecule has 1 heterocycles. The molecule has 0 unspecified atom stereocenters. The molecule has 3 heteroatoms. The molecule has 72 valence electrons. The lowest BCUT2D eigenvalue weighted by atomic mass is 10.2. The quantitative estimate of drug-likeness (QED) is 0.586. The lowest BCUT2D eigenvalue weighted by Gasteiger charge is -2.35. The van der Waals surface area contributed by atoms with E-state index in [4.69, 9.17) is 4.84 Å². The summed E-state index contributed by atoms with van der Waals surface area (Å²) in [6.07, 6.45) is 0. The molecule has 0 aromatic rings. The van der Waals surface area contributed by atoms with Crippen LogP contribution in [0.15, 0.2) is 0 Å². The second kappa shape index (κ2) is 3.73. The number of hydrogen-bond donors (Lipinski definition) is 0. The summed E-state index contributed by atoms with van der Waals surface area (Å²) < 4.78 is 0. The van der Waals surface area contributed by atoms with Crippen molar-refractivity contribution in [3.8, 4) is 0 Å². The van der Waals surface area contributed by atoms with Gasteiger partial charge in [0.2, 0.25) is 0 Å². The third kappa shape index (κ3) is 3.52. The molecule has 3 nitrogen and oxygen atoms in total. The first-order chi connectivity index (χ1) is 5.47. The molecule has 12 heavy (non-hydrogen) atoms. The summed E-state index contributed by atoms with van der Waals surface area (Å²) in [5, 5.41) is 2.07. The second-order valence-corrected chi connectivity index (χ2v) is 4.44. The average molecular weight is 172 g/mol. The number of piperazine rings is 1. The Balaban J connectivity index is 2.26. The van der Waals surface area contributed by atoms with Crippen molar-refractivity contribution in [3.63, 3.8) is 0 Å². The van der Waals surface area contributed by atoms with Crippen molar-refractivity contribution in [2.24, 2.45) is 0 Å². The zero-order chi connectivity index (χ0) is 9.19. The highest BCUT2D eigenvalue weighted by molar-refractivity contribution is 4.66. The van der Waals surface area contributed by atoms with E-state index in [2.05, 4.69) is 37.8 Å². The van der Waals surface area contributed by atoms with Crippen LogP contribution in [0.4, 0.5) is 0 Å². The summed E-state index contributed by atoms with van der Waals surface area (Å²) in [5.41, 5.74) is -0.0457. The Labute approximate surface area is 75.2 Å². The zero-order valence-electron chi connectivity index (χ0n) is 8.63. The van der Waals surface area contributed by atoms with E-state index in [1.165, 1.54) is 0 Å². The monoisotopic (exact) mass is 172 g/mol. The summed E-state index contributed by atoms with van der Waals surface area (Å²) in [6.45, 7) is 10.5. The minimum atomic E-state index is -0.0457. The normalized spacial score (nSPS) is 23.0. The molecule has 0 saturated carbocycles. The van der Waals surface area contributed by atoms with Crippen LogP contribution < -0.4 is 0 Å². The van der Waals surface area contributed by atoms with Crippen molar-refractivity contribution in [1.82, 2.24) is 9.96 Å². The van der Waals surface area contributed by atoms with Crippen LogP contribution in [0.25, 0.3) is 0 Å². The zero-order valence-corrected chi connectivity index (χ0v) is 8.63. The number of rotatable bonds is 1. The fourth-order valence-electron chi connectivity index (χ4n) is 1.27. The van der Waals surface area contributed by atoms with Crippen molar-refractivity contribution >= 4 is 0 Å². The Bertz CT molecular complexity index is 134. The largest absolute Gasteiger partial charge is 0.304 e. The van der Waals surface area contributed by atoms with Gasteiger partial charge in [-0.15, -0.1) is 0 Å². The van der Waals surface area contributed by atoms with E-state index in [1.807, 2.05) is 0 Å². The van der Waals surface area contributed by atoms with Gasteiger partial charge in [0.05, 0.1) is 5.60 Å². The van der Waals surface area contributed by atoms with Gasteiger partial charge >= 0.3 is 0 Å². The number of likely N-dealkylation sites (N-methyl/N-ethyl adjacent to an activating group) is 1. The fourth-order valence-corrected chi connectivity index (χ4v) is 1.27. The standard InChI is InChI=1S/C9H20N2O/c1-9(2,3)12-11-7-5-10(4)6-8-11/h5-8H2,1-4H3. The van der Waals surface area contributed by atoms with Crippen LogP contribution in [0.3, 0.4) is 0 Å². The molecule has 1 aliphatic heterocycles. The van der Waals surface area contributed by atoms with Crippen LogP contribution in [0.5, 0.6) is 0 Å². The van der Waals surface area contributed by atoms with E-state index >= 15 is 0 Å². The van der Waals surface area contributed by atoms with Crippen molar-refractivity contribution in [2.75, 3.05) is 33.2 Å². The van der Waals surface area contributed by atoms with Gasteiger partial charge in [0.15, 0.2) is 0 Å². The van der Waals surface area contributed by atoms with Gasteiger partial charge in [-0.05, 0) is 27.8 Å². The van der Waals surface area contributed by atoms with Gasteiger partial charge in [-0.1, -0.05) is 0 Å². The average Bonchev–Trinajstić information content (AvgIpc) is 1.91. The maximum Gasteiger partial charge on any atom is 0.0815 e. The predicted octanol–water partition coefficient (Wildman–Crippen LogP) is 0.964. The molecule has 0 bridgehead atoms. The number of hydroxylamine groups is 2. The van der Waals surface area contributed by atoms with Crippen LogP contribution in [0.2, 0.25) is 0 Å². The lowest BCUT2D eigenvalue weighted by molar-refractivity contribution is -0.239. The van der Waals surface area contributed by atoms with Crippen LogP contribution in [0, 0.1) is 0 Å². The number of nitrogens with zero attached hydrogens (tertiary/aromatic N) is 2. The topological polar surface area (TPSA) is 15.7 Å². The highest BCUT2D eigenvalue weighted by atomic mass is 16.7. The smallest absolute Gasteiger partial charge is 0.0815 e. The van der Waals surface area contributed by atoms with Crippen LogP contribution >= 0.6 is 0 Å². The third-order valence-electron chi connectivity index (χ3n) is 1.87. The third-order valence-corrected chi connectivity index (χ3v) is 1.87. The van der Waals surface area contributed by atoms with Gasteiger partial charge in [-0.25, -0.2) is 0 Å². The lowest BCUT2D eigenvalue weighted by Crippen LogP contribution is -2.47. The Hall–Kier alpha value is -0.120. The molecule has 1 rings (SSSR count). The van der Waals surface area contributed by atoms with Crippen molar-refractivity contribution in [3.05, 3.63) is 0 Å². The van der Waals surface area contributed by atoms with Crippen molar-refractivity contribution in [2.45, 2.75) is 26.4 Å². The highest BCUT2D eigenvalue weighted by Crippen LogP contribution is 2.11. The molecule has 1 saturated heterocycles. The van der Waals surface area contributed by atoms with E-state index in [0.717, 1.165) is 26.2 Å². The summed E-state index contributed by atoms with van der Waals surface area (Å²) in [6, 6.07) is 0. The molecule has 0 aromatic heterocycles. The van der Waals surface area contributed by atoms with E-state index in [0.29, 0.717) is 0 Å². The van der Waals surface area contributed by atoms with E-state index in [9.17, 15) is 0 Å². The van der Waals surface area contributed by atoms with Gasteiger partial charge in [-0.2, -0.15) is 5.06 Å². The van der Waals surface area contributed by atoms with E-state index in [1.54, 1.807) is 0 Å². The van der Waals surface area contributed by atoms with Crippen molar-refractivity contribution in [1.29, 1.82) is 0 Å². The number of hydrogen-bond acceptors (Lipinski definition) is 3. The van der Waals surface area contributed by atoms with Crippen LogP contribution in [-0.4, -0.2) is 48.8 Å². The van der Waals surface area contributed by atoms with Gasteiger partial charge < -0.3 is 4.90 Å². The molecule has 0 amide bonds. The minimum absolute atomic E-state index is 0.0457. The van der Waals surface area contributed by atoms with Crippen molar-refractivity contribution < 1.29 is 4.84 Å². The summed E-state index contributed by atoms with van der Waals surface area (Å²) in [7, 11) is 2.15. The van der Waals surface area contributed by atoms with Gasteiger partial charge in [0, 0.05) is 26.2 Å². The predicted molar refractivity (Wildman–Crippen MR) is 49.9 cm³/mol. The summed E-state index contributed by atoms with van der Waals surface area (Å²) in [5.74, 6) is 0. The molecule has 0 aliphatic carbocycles. The first kappa shape index (κ1) is 9.96.